The smallest absolute Gasteiger partial charge is 0.305 e. The van der Waals surface area contributed by atoms with Crippen molar-refractivity contribution in [1.82, 2.24) is 83.8 Å². The highest BCUT2D eigenvalue weighted by Gasteiger charge is 2.44. The zero-order valence-corrected chi connectivity index (χ0v) is 76.5. The van der Waals surface area contributed by atoms with Crippen LogP contribution in [0, 0.1) is 28.6 Å². The summed E-state index contributed by atoms with van der Waals surface area (Å²) in [7, 11) is 1.32. The lowest BCUT2D eigenvalue weighted by atomic mass is 9.98. The molecule has 0 bridgehead atoms. The zero-order chi connectivity index (χ0) is 96.3. The van der Waals surface area contributed by atoms with Crippen LogP contribution >= 0.6 is 11.8 Å². The lowest BCUT2D eigenvalue weighted by Crippen LogP contribution is -2.61. The van der Waals surface area contributed by atoms with E-state index in [1.807, 2.05) is 115 Å². The first-order valence-corrected chi connectivity index (χ1v) is 45.8. The molecule has 22 N–H and O–H groups in total. The first-order chi connectivity index (χ1) is 62.9. The number of guanidine groups is 2. The van der Waals surface area contributed by atoms with Gasteiger partial charge >= 0.3 is 5.97 Å². The van der Waals surface area contributed by atoms with Gasteiger partial charge in [0.05, 0.1) is 25.3 Å². The van der Waals surface area contributed by atoms with Crippen LogP contribution in [0.5, 0.6) is 0 Å². The van der Waals surface area contributed by atoms with E-state index in [0.717, 1.165) is 44.5 Å². The number of nitrogens with zero attached hydrogens (tertiary/aromatic N) is 3. The van der Waals surface area contributed by atoms with Crippen LogP contribution in [0.4, 0.5) is 0 Å². The summed E-state index contributed by atoms with van der Waals surface area (Å²) in [6.45, 7) is 8.54. The van der Waals surface area contributed by atoms with E-state index in [1.165, 1.54) is 16.8 Å². The molecule has 39 heteroatoms. The number of thioether (sulfide) groups is 1. The van der Waals surface area contributed by atoms with Crippen molar-refractivity contribution in [2.75, 3.05) is 57.8 Å². The highest BCUT2D eigenvalue weighted by molar-refractivity contribution is 8.00. The fourth-order valence-electron chi connectivity index (χ4n) is 15.8. The monoisotopic (exact) mass is 1840 g/mol. The fourth-order valence-corrected chi connectivity index (χ4v) is 16.7. The topological polar surface area (TPSA) is 585 Å². The number of benzene rings is 5. The van der Waals surface area contributed by atoms with Crippen LogP contribution in [0.1, 0.15) is 135 Å². The summed E-state index contributed by atoms with van der Waals surface area (Å²) < 4.78 is 0. The number of amides is 15. The molecule has 3 aliphatic rings. The van der Waals surface area contributed by atoms with Crippen LogP contribution in [0.2, 0.25) is 0 Å². The number of aliphatic carboxylic acids is 1. The average molecular weight is 1840 g/mol. The molecule has 8 rings (SSSR count). The maximum absolute atomic E-state index is 15.6. The van der Waals surface area contributed by atoms with Gasteiger partial charge in [0, 0.05) is 51.8 Å². The quantitative estimate of drug-likeness (QED) is 0.0197. The van der Waals surface area contributed by atoms with Gasteiger partial charge in [-0.2, -0.15) is 0 Å². The van der Waals surface area contributed by atoms with Crippen LogP contribution in [-0.4, -0.2) is 257 Å². The van der Waals surface area contributed by atoms with Gasteiger partial charge in [0.25, 0.3) is 0 Å². The number of carbonyl (C=O) groups excluding carboxylic acids is 15. The minimum Gasteiger partial charge on any atom is -0.481 e. The van der Waals surface area contributed by atoms with Crippen molar-refractivity contribution in [3.05, 3.63) is 156 Å². The number of hydrogen-bond donors (Lipinski definition) is 19. The molecule has 3 aliphatic heterocycles. The van der Waals surface area contributed by atoms with Gasteiger partial charge in [-0.25, -0.2) is 0 Å². The van der Waals surface area contributed by atoms with Gasteiger partial charge < -0.3 is 106 Å². The molecule has 3 heterocycles. The molecule has 5 aromatic rings. The molecule has 15 amide bonds. The van der Waals surface area contributed by atoms with Crippen molar-refractivity contribution in [2.24, 2.45) is 35.0 Å². The third kappa shape index (κ3) is 32.9. The maximum Gasteiger partial charge on any atom is 0.305 e. The average Bonchev–Trinajstić information content (AvgIpc) is 1.63. The van der Waals surface area contributed by atoms with E-state index in [2.05, 4.69) is 69.1 Å². The summed E-state index contributed by atoms with van der Waals surface area (Å²) in [5.74, 6) is -18.1. The predicted octanol–water partition coefficient (Wildman–Crippen LogP) is 0.825. The van der Waals surface area contributed by atoms with Crippen LogP contribution in [-0.2, 0) is 96.0 Å². The lowest BCUT2D eigenvalue weighted by Gasteiger charge is -2.33. The molecule has 3 saturated heterocycles. The highest BCUT2D eigenvalue weighted by Crippen LogP contribution is 2.27. The second kappa shape index (κ2) is 51.8. The van der Waals surface area contributed by atoms with Crippen molar-refractivity contribution in [1.29, 1.82) is 10.8 Å². The number of carboxylic acid groups (broad SMARTS) is 1. The largest absolute Gasteiger partial charge is 0.481 e. The van der Waals surface area contributed by atoms with Crippen molar-refractivity contribution in [3.8, 4) is 22.3 Å². The van der Waals surface area contributed by atoms with Crippen molar-refractivity contribution < 1.29 is 81.8 Å². The van der Waals surface area contributed by atoms with E-state index in [0.29, 0.717) is 24.0 Å². The van der Waals surface area contributed by atoms with Crippen LogP contribution < -0.4 is 86.3 Å². The molecule has 5 aromatic carbocycles. The van der Waals surface area contributed by atoms with Gasteiger partial charge in [-0.15, -0.1) is 11.8 Å². The summed E-state index contributed by atoms with van der Waals surface area (Å²) in [6.07, 6.45) is -0.441. The number of carboxylic acids is 1. The van der Waals surface area contributed by atoms with Crippen molar-refractivity contribution in [2.45, 2.75) is 210 Å². The molecule has 0 saturated carbocycles. The van der Waals surface area contributed by atoms with E-state index in [4.69, 9.17) is 28.0 Å². The zero-order valence-electron chi connectivity index (χ0n) is 75.7. The van der Waals surface area contributed by atoms with Gasteiger partial charge in [0.2, 0.25) is 88.6 Å². The number of nitrogens with two attached hydrogens (primary N) is 3. The molecule has 0 unspecified atom stereocenters. The number of hydrogen-bond acceptors (Lipinski definition) is 19. The maximum atomic E-state index is 15.6. The standard InChI is InChI=1S/C93H127N21O17S/c1-54(2)46-67-84(124)109-71(80(120)101-50-74(94)115)52-132-53-75(116)102-64(29-17-24-57-22-11-8-12-23-57)81(121)106-68(47-58-34-38-62(39-35-58)60-25-13-9-14-26-60)85(125)108-70(48-59-36-40-63(41-37-59)61-27-15-10-16-28-61)90(130)112(7)51-76(117)113-44-20-32-72(113)87(127)107-69(49-77(118)119)86(126)103-66(31-19-43-100-93(97)98)83(123)111-79(56(5)6)91(131)114-45-21-33-73(114)88(128)110-78(55(3)4)89(129)104-65(82(122)105-67)30-18-42-99-92(95)96/h8-16,22-23,25-28,34-41,54-56,64-73,78-79H,17-21,24,29-33,42-53H2,1-7H3,(H2,94,115)(H,101,120)(H,102,116)(H,103,126)(H,104,129)(H,105,122)(H,106,121)(H,107,127)(H,108,125)(H,109,124)(H,110,128)(H,111,123)(H,118,119)(H4,95,96,99)(H4,97,98,100)/t64-,65-,66-,67-,68-,69-,70-,71-,72-,73-,78-,79-/m0/s1. The SMILES string of the molecule is CC(C)C[C@@H]1NC(=O)[C@H](CCCNC(=N)N)NC(=O)[C@H](C(C)C)NC(=O)[C@@H]2CCCN2C(=O)[C@H](C(C)C)NC(=O)[C@H](CCCNC(=N)N)NC(=O)[C@H](CC(=O)O)NC(=O)[C@@H]2CCCN2C(=O)CN(C)C(=O)[C@H](Cc2ccc(-c3ccccc3)cc2)NC(=O)[C@H](Cc2ccc(-c3ccccc3)cc2)NC(=O)[C@H](CCCc2ccccc2)NC(=O)CSC[C@@H](C(=O)NCC(N)=O)NC1=O. The third-order valence-electron chi connectivity index (χ3n) is 22.8. The van der Waals surface area contributed by atoms with E-state index in [-0.39, 0.29) is 115 Å². The lowest BCUT2D eigenvalue weighted by molar-refractivity contribution is -0.145. The Morgan fingerprint density at radius 2 is 0.879 bits per heavy atom. The van der Waals surface area contributed by atoms with E-state index >= 15 is 14.4 Å². The first kappa shape index (κ1) is 104. The minimum atomic E-state index is -1.91. The van der Waals surface area contributed by atoms with Gasteiger partial charge in [-0.1, -0.05) is 181 Å². The summed E-state index contributed by atoms with van der Waals surface area (Å²) in [4.78, 5) is 237. The number of fused-ring (bicyclic) bond motifs is 2. The summed E-state index contributed by atoms with van der Waals surface area (Å²) >= 11 is 0.843. The molecule has 0 spiro atoms. The molecule has 38 nitrogen and oxygen atoms in total. The number of rotatable bonds is 27. The summed E-state index contributed by atoms with van der Waals surface area (Å²) in [6, 6.07) is 24.9. The number of nitrogens with one attached hydrogen (secondary N) is 15. The van der Waals surface area contributed by atoms with Gasteiger partial charge in [0.15, 0.2) is 11.9 Å². The Morgan fingerprint density at radius 1 is 0.455 bits per heavy atom. The predicted molar refractivity (Wildman–Crippen MR) is 496 cm³/mol. The Bertz CT molecular complexity index is 4840. The number of likely N-dealkylation sites (N-methyl/N-ethyl adjacent to an activating group) is 1. The number of aryl methyl sites for hydroxylation is 1. The molecule has 3 fully saturated rings. The summed E-state index contributed by atoms with van der Waals surface area (Å²) in [5.41, 5.74) is 22.1. The van der Waals surface area contributed by atoms with E-state index in [9.17, 15) is 67.4 Å². The Balaban J connectivity index is 1.19. The Labute approximate surface area is 772 Å². The number of carbonyl (C=O) groups is 16. The molecule has 712 valence electrons. The summed E-state index contributed by atoms with van der Waals surface area (Å²) in [5, 5.41) is 60.7. The second-order valence-electron chi connectivity index (χ2n) is 34.4. The molecule has 12 atom stereocenters. The Kier molecular flexibility index (Phi) is 40.8. The molecule has 0 aliphatic carbocycles. The van der Waals surface area contributed by atoms with Gasteiger partial charge in [-0.05, 0) is 134 Å². The van der Waals surface area contributed by atoms with Crippen LogP contribution in [0.3, 0.4) is 0 Å². The molecule has 132 heavy (non-hydrogen) atoms. The van der Waals surface area contributed by atoms with Crippen LogP contribution in [0.15, 0.2) is 140 Å². The normalized spacial score (nSPS) is 22.8. The first-order valence-electron chi connectivity index (χ1n) is 44.6. The molecular weight excluding hydrogens is 1720 g/mol. The van der Waals surface area contributed by atoms with Crippen molar-refractivity contribution in [3.63, 3.8) is 0 Å². The van der Waals surface area contributed by atoms with E-state index < -0.39 is 216 Å². The Hall–Kier alpha value is -13.5. The van der Waals surface area contributed by atoms with E-state index in [1.54, 1.807) is 65.8 Å². The minimum absolute atomic E-state index is 0.00369. The Morgan fingerprint density at radius 3 is 1.40 bits per heavy atom. The number of primary amides is 1. The third-order valence-corrected chi connectivity index (χ3v) is 23.9. The molecule has 0 aromatic heterocycles. The van der Waals surface area contributed by atoms with Crippen LogP contribution in [0.25, 0.3) is 22.3 Å². The van der Waals surface area contributed by atoms with Gasteiger partial charge in [-0.3, -0.25) is 87.5 Å². The molecule has 0 radical (unpaired) electrons. The molecular formula is C93H127N21O17S. The van der Waals surface area contributed by atoms with Gasteiger partial charge in [0.1, 0.15) is 72.5 Å². The fraction of sp³-hybridized carbons (Fsp3) is 0.484. The van der Waals surface area contributed by atoms with Crippen molar-refractivity contribution >= 4 is 118 Å². The highest BCUT2D eigenvalue weighted by atomic mass is 32.2. The second-order valence-corrected chi connectivity index (χ2v) is 35.5.